The second-order valence-corrected chi connectivity index (χ2v) is 6.58. The summed E-state index contributed by atoms with van der Waals surface area (Å²) in [5.41, 5.74) is 1.03. The predicted molar refractivity (Wildman–Crippen MR) is 91.7 cm³/mol. The van der Waals surface area contributed by atoms with Gasteiger partial charge in [0.2, 0.25) is 11.8 Å². The molecule has 0 unspecified atom stereocenters. The number of nitrogens with one attached hydrogen (secondary N) is 1. The van der Waals surface area contributed by atoms with E-state index in [4.69, 9.17) is 4.74 Å². The highest BCUT2D eigenvalue weighted by Gasteiger charge is 2.35. The van der Waals surface area contributed by atoms with Crippen LogP contribution in [0.15, 0.2) is 24.3 Å². The molecule has 5 heteroatoms. The number of carbonyl (C=O) groups excluding carboxylic acids is 2. The number of benzene rings is 1. The van der Waals surface area contributed by atoms with E-state index in [1.165, 1.54) is 0 Å². The minimum absolute atomic E-state index is 0.0290. The fraction of sp³-hybridized carbons (Fsp3) is 0.579. The quantitative estimate of drug-likeness (QED) is 0.923. The van der Waals surface area contributed by atoms with Crippen LogP contribution in [0.25, 0.3) is 0 Å². The molecule has 130 valence electrons. The Balaban J connectivity index is 1.71. The highest BCUT2D eigenvalue weighted by molar-refractivity contribution is 5.88. The van der Waals surface area contributed by atoms with Crippen molar-refractivity contribution in [1.29, 1.82) is 0 Å². The van der Waals surface area contributed by atoms with Crippen LogP contribution >= 0.6 is 0 Å². The van der Waals surface area contributed by atoms with E-state index >= 15 is 0 Å². The van der Waals surface area contributed by atoms with Gasteiger partial charge in [-0.1, -0.05) is 25.1 Å². The number of nitrogens with zero attached hydrogens (tertiary/aromatic N) is 1. The van der Waals surface area contributed by atoms with E-state index in [0.29, 0.717) is 19.6 Å². The molecule has 2 amide bonds. The standard InChI is InChI=1S/C19H26N2O3/c1-2-7-18(22)21-12-5-10-16(21)19(23)20-15-9-6-13-24-17-11-4-3-8-14(15)17/h3-4,8,11,15-16H,2,5-7,9-10,12-13H2,1H3,(H,20,23)/t15-,16-/m1/s1. The summed E-state index contributed by atoms with van der Waals surface area (Å²) in [5.74, 6) is 0.920. The van der Waals surface area contributed by atoms with Crippen LogP contribution in [0.1, 0.15) is 57.1 Å². The average Bonchev–Trinajstić information content (AvgIpc) is 3.00. The van der Waals surface area contributed by atoms with Gasteiger partial charge in [0, 0.05) is 18.5 Å². The number of para-hydroxylation sites is 1. The van der Waals surface area contributed by atoms with Gasteiger partial charge in [0.15, 0.2) is 0 Å². The van der Waals surface area contributed by atoms with Crippen molar-refractivity contribution in [2.75, 3.05) is 13.2 Å². The second-order valence-electron chi connectivity index (χ2n) is 6.58. The smallest absolute Gasteiger partial charge is 0.243 e. The highest BCUT2D eigenvalue weighted by Crippen LogP contribution is 2.31. The third-order valence-corrected chi connectivity index (χ3v) is 4.85. The summed E-state index contributed by atoms with van der Waals surface area (Å²) < 4.78 is 5.76. The lowest BCUT2D eigenvalue weighted by Crippen LogP contribution is -2.46. The SMILES string of the molecule is CCCC(=O)N1CCC[C@@H]1C(=O)N[C@@H]1CCCOc2ccccc21. The molecule has 1 aromatic carbocycles. The Morgan fingerprint density at radius 1 is 1.25 bits per heavy atom. The molecule has 0 bridgehead atoms. The Kier molecular flexibility index (Phi) is 5.38. The molecule has 2 aliphatic heterocycles. The zero-order chi connectivity index (χ0) is 16.9. The summed E-state index contributed by atoms with van der Waals surface area (Å²) in [6, 6.07) is 7.53. The first-order valence-electron chi connectivity index (χ1n) is 9.02. The van der Waals surface area contributed by atoms with E-state index in [1.54, 1.807) is 4.90 Å². The zero-order valence-corrected chi connectivity index (χ0v) is 14.3. The molecule has 1 aromatic rings. The summed E-state index contributed by atoms with van der Waals surface area (Å²) >= 11 is 0. The van der Waals surface area contributed by atoms with E-state index in [9.17, 15) is 9.59 Å². The van der Waals surface area contributed by atoms with Gasteiger partial charge < -0.3 is 15.0 Å². The second kappa shape index (κ2) is 7.69. The molecule has 1 saturated heterocycles. The fourth-order valence-electron chi connectivity index (χ4n) is 3.64. The van der Waals surface area contributed by atoms with Crippen LogP contribution in [0.4, 0.5) is 0 Å². The molecule has 24 heavy (non-hydrogen) atoms. The van der Waals surface area contributed by atoms with Gasteiger partial charge in [-0.05, 0) is 38.2 Å². The van der Waals surface area contributed by atoms with Crippen LogP contribution in [0.3, 0.4) is 0 Å². The monoisotopic (exact) mass is 330 g/mol. The lowest BCUT2D eigenvalue weighted by molar-refractivity contribution is -0.138. The molecule has 0 spiro atoms. The normalized spacial score (nSPS) is 23.1. The molecule has 5 nitrogen and oxygen atoms in total. The number of rotatable bonds is 4. The van der Waals surface area contributed by atoms with Crippen LogP contribution in [0, 0.1) is 0 Å². The molecule has 0 aliphatic carbocycles. The topological polar surface area (TPSA) is 58.6 Å². The minimum atomic E-state index is -0.319. The third-order valence-electron chi connectivity index (χ3n) is 4.85. The number of amides is 2. The van der Waals surface area contributed by atoms with Gasteiger partial charge in [0.25, 0.3) is 0 Å². The molecule has 0 aromatic heterocycles. The van der Waals surface area contributed by atoms with Gasteiger partial charge in [0.05, 0.1) is 12.6 Å². The summed E-state index contributed by atoms with van der Waals surface area (Å²) in [7, 11) is 0. The van der Waals surface area contributed by atoms with Crippen LogP contribution in [-0.2, 0) is 9.59 Å². The van der Waals surface area contributed by atoms with E-state index in [-0.39, 0.29) is 23.9 Å². The van der Waals surface area contributed by atoms with Crippen molar-refractivity contribution in [2.24, 2.45) is 0 Å². The van der Waals surface area contributed by atoms with Crippen molar-refractivity contribution in [3.8, 4) is 5.75 Å². The predicted octanol–water partition coefficient (Wildman–Crippen LogP) is 2.81. The van der Waals surface area contributed by atoms with Gasteiger partial charge in [0.1, 0.15) is 11.8 Å². The molecule has 0 radical (unpaired) electrons. The first kappa shape index (κ1) is 16.8. The number of ether oxygens (including phenoxy) is 1. The fourth-order valence-corrected chi connectivity index (χ4v) is 3.64. The van der Waals surface area contributed by atoms with Crippen LogP contribution in [0.5, 0.6) is 5.75 Å². The van der Waals surface area contributed by atoms with Gasteiger partial charge in [-0.25, -0.2) is 0 Å². The molecule has 1 N–H and O–H groups in total. The molecule has 2 heterocycles. The number of likely N-dealkylation sites (tertiary alicyclic amines) is 1. The largest absolute Gasteiger partial charge is 0.493 e. The first-order valence-corrected chi connectivity index (χ1v) is 9.02. The number of hydrogen-bond acceptors (Lipinski definition) is 3. The van der Waals surface area contributed by atoms with E-state index in [1.807, 2.05) is 31.2 Å². The molecule has 3 rings (SSSR count). The van der Waals surface area contributed by atoms with Crippen LogP contribution in [0.2, 0.25) is 0 Å². The lowest BCUT2D eigenvalue weighted by Gasteiger charge is -2.26. The van der Waals surface area contributed by atoms with Crippen molar-refractivity contribution in [1.82, 2.24) is 10.2 Å². The maximum Gasteiger partial charge on any atom is 0.243 e. The molecular weight excluding hydrogens is 304 g/mol. The molecule has 1 fully saturated rings. The van der Waals surface area contributed by atoms with Crippen molar-refractivity contribution in [2.45, 2.75) is 57.5 Å². The first-order chi connectivity index (χ1) is 11.7. The Hall–Kier alpha value is -2.04. The highest BCUT2D eigenvalue weighted by atomic mass is 16.5. The number of hydrogen-bond donors (Lipinski definition) is 1. The van der Waals surface area contributed by atoms with E-state index in [2.05, 4.69) is 5.32 Å². The zero-order valence-electron chi connectivity index (χ0n) is 14.3. The van der Waals surface area contributed by atoms with Crippen molar-refractivity contribution >= 4 is 11.8 Å². The average molecular weight is 330 g/mol. The van der Waals surface area contributed by atoms with Gasteiger partial charge in [-0.3, -0.25) is 9.59 Å². The minimum Gasteiger partial charge on any atom is -0.493 e. The third kappa shape index (κ3) is 3.55. The van der Waals surface area contributed by atoms with E-state index in [0.717, 1.165) is 43.4 Å². The van der Waals surface area contributed by atoms with Crippen molar-refractivity contribution < 1.29 is 14.3 Å². The van der Waals surface area contributed by atoms with E-state index < -0.39 is 0 Å². The van der Waals surface area contributed by atoms with Crippen molar-refractivity contribution in [3.05, 3.63) is 29.8 Å². The van der Waals surface area contributed by atoms with Gasteiger partial charge in [-0.15, -0.1) is 0 Å². The summed E-state index contributed by atoms with van der Waals surface area (Å²) in [6.45, 7) is 3.36. The molecule has 0 saturated carbocycles. The van der Waals surface area contributed by atoms with Gasteiger partial charge >= 0.3 is 0 Å². The summed E-state index contributed by atoms with van der Waals surface area (Å²) in [4.78, 5) is 26.8. The summed E-state index contributed by atoms with van der Waals surface area (Å²) in [6.07, 6.45) is 4.76. The van der Waals surface area contributed by atoms with Crippen LogP contribution in [-0.4, -0.2) is 35.9 Å². The molecular formula is C19H26N2O3. The lowest BCUT2D eigenvalue weighted by atomic mass is 10.0. The summed E-state index contributed by atoms with van der Waals surface area (Å²) in [5, 5.41) is 3.17. The number of fused-ring (bicyclic) bond motifs is 1. The van der Waals surface area contributed by atoms with Gasteiger partial charge in [-0.2, -0.15) is 0 Å². The maximum absolute atomic E-state index is 12.8. The maximum atomic E-state index is 12.8. The Bertz CT molecular complexity index is 602. The Labute approximate surface area is 143 Å². The molecule has 2 atom stereocenters. The molecule has 2 aliphatic rings. The number of carbonyl (C=O) groups is 2. The van der Waals surface area contributed by atoms with Crippen LogP contribution < -0.4 is 10.1 Å². The Morgan fingerprint density at radius 2 is 2.08 bits per heavy atom. The Morgan fingerprint density at radius 3 is 2.92 bits per heavy atom. The van der Waals surface area contributed by atoms with Crippen molar-refractivity contribution in [3.63, 3.8) is 0 Å².